The average Bonchev–Trinajstić information content (AvgIpc) is 3.08. The second kappa shape index (κ2) is 8.61. The van der Waals surface area contributed by atoms with Crippen LogP contribution in [0.15, 0.2) is 41.4 Å². The number of hydrogen-bond acceptors (Lipinski definition) is 4. The molecule has 0 unspecified atom stereocenters. The zero-order valence-electron chi connectivity index (χ0n) is 17.2. The zero-order valence-corrected chi connectivity index (χ0v) is 18.0. The van der Waals surface area contributed by atoms with Crippen LogP contribution >= 0.6 is 11.3 Å². The maximum Gasteiger partial charge on any atom is 0.279 e. The quantitative estimate of drug-likeness (QED) is 0.609. The van der Waals surface area contributed by atoms with Gasteiger partial charge in [-0.3, -0.25) is 4.79 Å². The summed E-state index contributed by atoms with van der Waals surface area (Å²) in [5.74, 6) is 0.577. The van der Waals surface area contributed by atoms with Crippen LogP contribution in [0.5, 0.6) is 5.75 Å². The number of ether oxygens (including phenoxy) is 1. The van der Waals surface area contributed by atoms with Crippen LogP contribution in [0.25, 0.3) is 10.2 Å². The van der Waals surface area contributed by atoms with Gasteiger partial charge in [-0.25, -0.2) is 0 Å². The van der Waals surface area contributed by atoms with Crippen molar-refractivity contribution >= 4 is 33.1 Å². The molecule has 1 aromatic heterocycles. The van der Waals surface area contributed by atoms with Crippen molar-refractivity contribution in [2.24, 2.45) is 4.99 Å². The summed E-state index contributed by atoms with van der Waals surface area (Å²) in [6, 6.07) is 11.7. The zero-order chi connectivity index (χ0) is 20.3. The Morgan fingerprint density at radius 2 is 1.79 bits per heavy atom. The highest BCUT2D eigenvalue weighted by Crippen LogP contribution is 2.30. The molecular weight excluding hydrogens is 370 g/mol. The van der Waals surface area contributed by atoms with Gasteiger partial charge >= 0.3 is 0 Å². The predicted octanol–water partition coefficient (Wildman–Crippen LogP) is 4.63. The number of anilines is 1. The number of thiazole rings is 1. The van der Waals surface area contributed by atoms with E-state index in [4.69, 9.17) is 4.74 Å². The van der Waals surface area contributed by atoms with Gasteiger partial charge in [-0.2, -0.15) is 4.99 Å². The van der Waals surface area contributed by atoms with E-state index >= 15 is 0 Å². The summed E-state index contributed by atoms with van der Waals surface area (Å²) in [6.07, 6.45) is 0. The third-order valence-corrected chi connectivity index (χ3v) is 6.18. The molecule has 148 valence electrons. The van der Waals surface area contributed by atoms with Gasteiger partial charge in [0.2, 0.25) is 0 Å². The number of aryl methyl sites for hydroxylation is 2. The Hall–Kier alpha value is -2.60. The van der Waals surface area contributed by atoms with Crippen LogP contribution in [0.3, 0.4) is 0 Å². The minimum Gasteiger partial charge on any atom is -0.495 e. The summed E-state index contributed by atoms with van der Waals surface area (Å²) in [5.41, 5.74) is 3.87. The third kappa shape index (κ3) is 3.69. The molecule has 1 amide bonds. The molecule has 3 rings (SSSR count). The Morgan fingerprint density at radius 1 is 1.11 bits per heavy atom. The van der Waals surface area contributed by atoms with Gasteiger partial charge in [0.1, 0.15) is 11.3 Å². The largest absolute Gasteiger partial charge is 0.495 e. The van der Waals surface area contributed by atoms with E-state index in [9.17, 15) is 4.79 Å². The monoisotopic (exact) mass is 397 g/mol. The van der Waals surface area contributed by atoms with Gasteiger partial charge in [0.25, 0.3) is 5.91 Å². The van der Waals surface area contributed by atoms with Gasteiger partial charge in [0.05, 0.1) is 11.8 Å². The second-order valence-corrected chi connectivity index (χ2v) is 7.50. The van der Waals surface area contributed by atoms with E-state index in [0.717, 1.165) is 40.3 Å². The Kier molecular flexibility index (Phi) is 6.19. The van der Waals surface area contributed by atoms with Gasteiger partial charge in [-0.05, 0) is 63.6 Å². The van der Waals surface area contributed by atoms with E-state index < -0.39 is 0 Å². The summed E-state index contributed by atoms with van der Waals surface area (Å²) in [5, 5.41) is 0. The number of carbonyl (C=O) groups is 1. The summed E-state index contributed by atoms with van der Waals surface area (Å²) < 4.78 is 8.69. The molecule has 0 spiro atoms. The molecule has 1 heterocycles. The number of carbonyl (C=O) groups excluding carboxylic acids is 1. The first kappa shape index (κ1) is 20.1. The fourth-order valence-electron chi connectivity index (χ4n) is 3.38. The van der Waals surface area contributed by atoms with Gasteiger partial charge < -0.3 is 14.2 Å². The lowest BCUT2D eigenvalue weighted by molar-refractivity contribution is 0.0998. The van der Waals surface area contributed by atoms with E-state index in [2.05, 4.69) is 37.6 Å². The van der Waals surface area contributed by atoms with Crippen molar-refractivity contribution in [3.63, 3.8) is 0 Å². The van der Waals surface area contributed by atoms with E-state index in [0.29, 0.717) is 16.9 Å². The number of fused-ring (bicyclic) bond motifs is 1. The van der Waals surface area contributed by atoms with Crippen LogP contribution < -0.4 is 14.4 Å². The highest BCUT2D eigenvalue weighted by molar-refractivity contribution is 7.16. The van der Waals surface area contributed by atoms with E-state index in [1.807, 2.05) is 41.0 Å². The first-order valence-electron chi connectivity index (χ1n) is 9.64. The molecule has 5 nitrogen and oxygen atoms in total. The van der Waals surface area contributed by atoms with E-state index in [1.165, 1.54) is 11.3 Å². The van der Waals surface area contributed by atoms with Gasteiger partial charge in [0, 0.05) is 30.9 Å². The van der Waals surface area contributed by atoms with Crippen LogP contribution in [0.2, 0.25) is 0 Å². The number of hydrogen-bond donors (Lipinski definition) is 0. The molecule has 0 bridgehead atoms. The van der Waals surface area contributed by atoms with Crippen molar-refractivity contribution in [2.75, 3.05) is 25.1 Å². The molecule has 0 fully saturated rings. The summed E-state index contributed by atoms with van der Waals surface area (Å²) in [6.45, 7) is 11.0. The van der Waals surface area contributed by atoms with Crippen LogP contribution in [-0.4, -0.2) is 30.7 Å². The summed E-state index contributed by atoms with van der Waals surface area (Å²) in [7, 11) is 1.67. The van der Waals surface area contributed by atoms with E-state index in [1.54, 1.807) is 7.11 Å². The highest BCUT2D eigenvalue weighted by atomic mass is 32.1. The Morgan fingerprint density at radius 3 is 2.36 bits per heavy atom. The van der Waals surface area contributed by atoms with Crippen LogP contribution in [0.4, 0.5) is 5.69 Å². The minimum atomic E-state index is -0.225. The maximum absolute atomic E-state index is 12.8. The molecule has 28 heavy (non-hydrogen) atoms. The van der Waals surface area contributed by atoms with Crippen molar-refractivity contribution in [3.05, 3.63) is 52.3 Å². The van der Waals surface area contributed by atoms with Crippen molar-refractivity contribution in [1.29, 1.82) is 0 Å². The number of amides is 1. The Bertz CT molecular complexity index is 1040. The molecule has 0 aliphatic carbocycles. The molecule has 2 aromatic carbocycles. The normalized spacial score (nSPS) is 11.8. The molecule has 0 N–H and O–H groups in total. The molecule has 0 saturated carbocycles. The second-order valence-electron chi connectivity index (χ2n) is 6.53. The molecule has 0 saturated heterocycles. The van der Waals surface area contributed by atoms with Gasteiger partial charge in [-0.15, -0.1) is 0 Å². The van der Waals surface area contributed by atoms with Gasteiger partial charge in [-0.1, -0.05) is 17.4 Å². The molecule has 0 aliphatic heterocycles. The molecule has 0 radical (unpaired) electrons. The molecular formula is C22H27N3O2S. The number of aromatic nitrogens is 1. The first-order valence-corrected chi connectivity index (χ1v) is 10.5. The lowest BCUT2D eigenvalue weighted by atomic mass is 10.2. The van der Waals surface area contributed by atoms with Crippen molar-refractivity contribution < 1.29 is 9.53 Å². The van der Waals surface area contributed by atoms with Crippen molar-refractivity contribution in [1.82, 2.24) is 4.57 Å². The summed E-state index contributed by atoms with van der Waals surface area (Å²) >= 11 is 1.53. The molecule has 0 atom stereocenters. The maximum atomic E-state index is 12.8. The summed E-state index contributed by atoms with van der Waals surface area (Å²) in [4.78, 5) is 20.2. The number of methoxy groups -OCH3 is 1. The standard InChI is InChI=1S/C22H27N3O2S/c1-6-24(7-2)17-12-10-16(11-13-17)21(26)23-22-25(8-3)19-18(27-5)14-9-15(4)20(19)28-22/h9-14H,6-8H2,1-5H3. The molecule has 0 aliphatic rings. The smallest absolute Gasteiger partial charge is 0.279 e. The lowest BCUT2D eigenvalue weighted by Gasteiger charge is -2.20. The molecule has 3 aromatic rings. The van der Waals surface area contributed by atoms with Crippen LogP contribution in [0.1, 0.15) is 36.7 Å². The predicted molar refractivity (Wildman–Crippen MR) is 117 cm³/mol. The highest BCUT2D eigenvalue weighted by Gasteiger charge is 2.14. The Balaban J connectivity index is 2.05. The van der Waals surface area contributed by atoms with Crippen LogP contribution in [0, 0.1) is 6.92 Å². The topological polar surface area (TPSA) is 46.8 Å². The minimum absolute atomic E-state index is 0.225. The molecule has 6 heteroatoms. The van der Waals surface area contributed by atoms with Crippen LogP contribution in [-0.2, 0) is 6.54 Å². The third-order valence-electron chi connectivity index (χ3n) is 4.96. The number of rotatable bonds is 6. The number of benzene rings is 2. The Labute approximate surface area is 169 Å². The first-order chi connectivity index (χ1) is 13.5. The SMILES string of the molecule is CCN(CC)c1ccc(C(=O)N=c2sc3c(C)ccc(OC)c3n2CC)cc1. The number of nitrogens with zero attached hydrogens (tertiary/aromatic N) is 3. The van der Waals surface area contributed by atoms with Crippen molar-refractivity contribution in [2.45, 2.75) is 34.2 Å². The average molecular weight is 398 g/mol. The van der Waals surface area contributed by atoms with Crippen molar-refractivity contribution in [3.8, 4) is 5.75 Å². The van der Waals surface area contributed by atoms with Gasteiger partial charge in [0.15, 0.2) is 4.80 Å². The fraction of sp³-hybridized carbons (Fsp3) is 0.364. The fourth-order valence-corrected chi connectivity index (χ4v) is 4.55. The van der Waals surface area contributed by atoms with E-state index in [-0.39, 0.29) is 5.91 Å². The lowest BCUT2D eigenvalue weighted by Crippen LogP contribution is -2.21.